The lowest BCUT2D eigenvalue weighted by atomic mass is 10.1. The van der Waals surface area contributed by atoms with Gasteiger partial charge < -0.3 is 10.2 Å². The zero-order valence-corrected chi connectivity index (χ0v) is 12.8. The number of amides is 1. The van der Waals surface area contributed by atoms with Crippen LogP contribution in [0.1, 0.15) is 31.4 Å². The van der Waals surface area contributed by atoms with Crippen LogP contribution in [0.3, 0.4) is 0 Å². The molecule has 0 aromatic heterocycles. The Kier molecular flexibility index (Phi) is 6.36. The second kappa shape index (κ2) is 7.54. The van der Waals surface area contributed by atoms with Gasteiger partial charge in [0, 0.05) is 31.0 Å². The Bertz CT molecular complexity index is 376. The van der Waals surface area contributed by atoms with E-state index in [1.54, 1.807) is 19.0 Å². The Balaban J connectivity index is 2.27. The highest BCUT2D eigenvalue weighted by atomic mass is 79.9. The number of benzene rings is 1. The molecule has 0 radical (unpaired) electrons. The van der Waals surface area contributed by atoms with Crippen molar-refractivity contribution in [1.29, 1.82) is 0 Å². The van der Waals surface area contributed by atoms with Crippen molar-refractivity contribution >= 4 is 21.8 Å². The van der Waals surface area contributed by atoms with Gasteiger partial charge in [-0.15, -0.1) is 0 Å². The van der Waals surface area contributed by atoms with Crippen molar-refractivity contribution < 1.29 is 4.79 Å². The summed E-state index contributed by atoms with van der Waals surface area (Å²) in [5.41, 5.74) is 1.26. The molecular weight excluding hydrogens is 292 g/mol. The van der Waals surface area contributed by atoms with Crippen LogP contribution >= 0.6 is 15.9 Å². The first kappa shape index (κ1) is 15.2. The summed E-state index contributed by atoms with van der Waals surface area (Å²) in [6.07, 6.45) is 1.48. The Morgan fingerprint density at radius 2 is 1.94 bits per heavy atom. The maximum Gasteiger partial charge on any atom is 0.222 e. The molecule has 0 saturated heterocycles. The SMILES string of the molecule is CC(NCCCC(=O)N(C)C)c1ccc(Br)cc1. The molecule has 0 aliphatic rings. The average Bonchev–Trinajstić information content (AvgIpc) is 2.34. The van der Waals surface area contributed by atoms with Gasteiger partial charge >= 0.3 is 0 Å². The largest absolute Gasteiger partial charge is 0.349 e. The Morgan fingerprint density at radius 3 is 2.50 bits per heavy atom. The molecule has 100 valence electrons. The van der Waals surface area contributed by atoms with Gasteiger partial charge in [-0.25, -0.2) is 0 Å². The van der Waals surface area contributed by atoms with Gasteiger partial charge in [-0.05, 0) is 37.6 Å². The zero-order chi connectivity index (χ0) is 13.5. The van der Waals surface area contributed by atoms with E-state index in [-0.39, 0.29) is 5.91 Å². The minimum absolute atomic E-state index is 0.188. The fourth-order valence-corrected chi connectivity index (χ4v) is 1.92. The first-order chi connectivity index (χ1) is 8.50. The zero-order valence-electron chi connectivity index (χ0n) is 11.2. The van der Waals surface area contributed by atoms with E-state index in [9.17, 15) is 4.79 Å². The van der Waals surface area contributed by atoms with Crippen molar-refractivity contribution in [2.45, 2.75) is 25.8 Å². The van der Waals surface area contributed by atoms with E-state index in [4.69, 9.17) is 0 Å². The molecule has 1 unspecified atom stereocenters. The van der Waals surface area contributed by atoms with E-state index in [1.165, 1.54) is 5.56 Å². The maximum atomic E-state index is 11.4. The fraction of sp³-hybridized carbons (Fsp3) is 0.500. The molecule has 0 bridgehead atoms. The summed E-state index contributed by atoms with van der Waals surface area (Å²) in [4.78, 5) is 13.0. The summed E-state index contributed by atoms with van der Waals surface area (Å²) >= 11 is 3.43. The van der Waals surface area contributed by atoms with Crippen LogP contribution in [0.15, 0.2) is 28.7 Å². The number of carbonyl (C=O) groups excluding carboxylic acids is 1. The highest BCUT2D eigenvalue weighted by Crippen LogP contribution is 2.16. The molecule has 1 aromatic carbocycles. The van der Waals surface area contributed by atoms with Crippen molar-refractivity contribution in [2.75, 3.05) is 20.6 Å². The van der Waals surface area contributed by atoms with Crippen LogP contribution in [0.2, 0.25) is 0 Å². The Morgan fingerprint density at radius 1 is 1.33 bits per heavy atom. The van der Waals surface area contributed by atoms with E-state index < -0.39 is 0 Å². The van der Waals surface area contributed by atoms with Gasteiger partial charge in [-0.3, -0.25) is 4.79 Å². The maximum absolute atomic E-state index is 11.4. The third kappa shape index (κ3) is 5.19. The predicted molar refractivity (Wildman–Crippen MR) is 78.5 cm³/mol. The summed E-state index contributed by atoms with van der Waals surface area (Å²) in [7, 11) is 3.58. The monoisotopic (exact) mass is 312 g/mol. The molecule has 0 fully saturated rings. The first-order valence-corrected chi connectivity index (χ1v) is 6.99. The van der Waals surface area contributed by atoms with Crippen molar-refractivity contribution in [3.8, 4) is 0 Å². The highest BCUT2D eigenvalue weighted by molar-refractivity contribution is 9.10. The van der Waals surface area contributed by atoms with E-state index >= 15 is 0 Å². The van der Waals surface area contributed by atoms with Crippen molar-refractivity contribution in [1.82, 2.24) is 10.2 Å². The summed E-state index contributed by atoms with van der Waals surface area (Å²) in [5.74, 6) is 0.188. The molecule has 0 heterocycles. The number of halogens is 1. The summed E-state index contributed by atoms with van der Waals surface area (Å²) in [5, 5.41) is 3.43. The highest BCUT2D eigenvalue weighted by Gasteiger charge is 2.06. The molecule has 4 heteroatoms. The molecular formula is C14H21BrN2O. The predicted octanol–water partition coefficient (Wildman–Crippen LogP) is 2.97. The molecule has 1 N–H and O–H groups in total. The van der Waals surface area contributed by atoms with Gasteiger partial charge in [-0.1, -0.05) is 28.1 Å². The van der Waals surface area contributed by atoms with E-state index in [1.807, 2.05) is 12.1 Å². The lowest BCUT2D eigenvalue weighted by Gasteiger charge is -2.15. The van der Waals surface area contributed by atoms with Crippen LogP contribution in [-0.2, 0) is 4.79 Å². The van der Waals surface area contributed by atoms with Crippen LogP contribution in [0.4, 0.5) is 0 Å². The molecule has 1 aromatic rings. The third-order valence-electron chi connectivity index (χ3n) is 2.89. The molecule has 0 aliphatic heterocycles. The lowest BCUT2D eigenvalue weighted by molar-refractivity contribution is -0.128. The minimum Gasteiger partial charge on any atom is -0.349 e. The van der Waals surface area contributed by atoms with E-state index in [0.29, 0.717) is 12.5 Å². The normalized spacial score (nSPS) is 12.2. The number of nitrogens with one attached hydrogen (secondary N) is 1. The molecule has 0 saturated carbocycles. The molecule has 0 spiro atoms. The van der Waals surface area contributed by atoms with Crippen LogP contribution < -0.4 is 5.32 Å². The Labute approximate surface area is 118 Å². The van der Waals surface area contributed by atoms with Gasteiger partial charge in [0.2, 0.25) is 5.91 Å². The molecule has 1 rings (SSSR count). The van der Waals surface area contributed by atoms with Gasteiger partial charge in [0.1, 0.15) is 0 Å². The van der Waals surface area contributed by atoms with Gasteiger partial charge in [0.25, 0.3) is 0 Å². The van der Waals surface area contributed by atoms with Crippen LogP contribution in [0, 0.1) is 0 Å². The summed E-state index contributed by atoms with van der Waals surface area (Å²) in [6, 6.07) is 8.61. The van der Waals surface area contributed by atoms with Crippen molar-refractivity contribution in [2.24, 2.45) is 0 Å². The number of hydrogen-bond donors (Lipinski definition) is 1. The fourth-order valence-electron chi connectivity index (χ4n) is 1.65. The van der Waals surface area contributed by atoms with Gasteiger partial charge in [-0.2, -0.15) is 0 Å². The van der Waals surface area contributed by atoms with Gasteiger partial charge in [0.05, 0.1) is 0 Å². The number of nitrogens with zero attached hydrogens (tertiary/aromatic N) is 1. The first-order valence-electron chi connectivity index (χ1n) is 6.19. The number of carbonyl (C=O) groups is 1. The second-order valence-corrected chi connectivity index (χ2v) is 5.53. The van der Waals surface area contributed by atoms with Crippen LogP contribution in [0.25, 0.3) is 0 Å². The summed E-state index contributed by atoms with van der Waals surface area (Å²) in [6.45, 7) is 2.99. The molecule has 18 heavy (non-hydrogen) atoms. The number of rotatable bonds is 6. The van der Waals surface area contributed by atoms with E-state index in [2.05, 4.69) is 40.3 Å². The third-order valence-corrected chi connectivity index (χ3v) is 3.42. The topological polar surface area (TPSA) is 32.3 Å². The van der Waals surface area contributed by atoms with Crippen LogP contribution in [0.5, 0.6) is 0 Å². The molecule has 1 atom stereocenters. The van der Waals surface area contributed by atoms with Gasteiger partial charge in [0.15, 0.2) is 0 Å². The Hall–Kier alpha value is -0.870. The molecule has 3 nitrogen and oxygen atoms in total. The lowest BCUT2D eigenvalue weighted by Crippen LogP contribution is -2.24. The number of hydrogen-bond acceptors (Lipinski definition) is 2. The molecule has 0 aliphatic carbocycles. The van der Waals surface area contributed by atoms with Crippen molar-refractivity contribution in [3.63, 3.8) is 0 Å². The van der Waals surface area contributed by atoms with Crippen molar-refractivity contribution in [3.05, 3.63) is 34.3 Å². The second-order valence-electron chi connectivity index (χ2n) is 4.62. The van der Waals surface area contributed by atoms with E-state index in [0.717, 1.165) is 17.4 Å². The smallest absolute Gasteiger partial charge is 0.222 e. The summed E-state index contributed by atoms with van der Waals surface area (Å²) < 4.78 is 1.09. The average molecular weight is 313 g/mol. The quantitative estimate of drug-likeness (QED) is 0.819. The minimum atomic E-state index is 0.188. The van der Waals surface area contributed by atoms with Crippen LogP contribution in [-0.4, -0.2) is 31.4 Å². The standard InChI is InChI=1S/C14H21BrN2O/c1-11(12-6-8-13(15)9-7-12)16-10-4-5-14(18)17(2)3/h6-9,11,16H,4-5,10H2,1-3H3. The molecule has 1 amide bonds.